The number of nitrogens with zero attached hydrogens (tertiary/aromatic N) is 3. The van der Waals surface area contributed by atoms with E-state index in [4.69, 9.17) is 19.3 Å². The third-order valence-corrected chi connectivity index (χ3v) is 8.32. The summed E-state index contributed by atoms with van der Waals surface area (Å²) in [7, 11) is 0. The van der Waals surface area contributed by atoms with Crippen LogP contribution in [0.25, 0.3) is 10.9 Å². The van der Waals surface area contributed by atoms with Crippen LogP contribution in [0.3, 0.4) is 0 Å². The number of rotatable bonds is 19. The van der Waals surface area contributed by atoms with Crippen molar-refractivity contribution in [1.29, 1.82) is 0 Å². The van der Waals surface area contributed by atoms with Crippen molar-refractivity contribution >= 4 is 39.2 Å². The first-order valence-electron chi connectivity index (χ1n) is 14.8. The molecule has 1 aliphatic rings. The van der Waals surface area contributed by atoms with Crippen LogP contribution in [-0.4, -0.2) is 110 Å². The van der Waals surface area contributed by atoms with Crippen molar-refractivity contribution in [2.24, 2.45) is 0 Å². The Labute approximate surface area is 251 Å². The summed E-state index contributed by atoms with van der Waals surface area (Å²) < 4.78 is 15.9. The molecular weight excluding hydrogens is 558 g/mol. The highest BCUT2D eigenvalue weighted by atomic mass is 32.1. The SMILES string of the molecule is CCCCC(Cc1c[nH]c2ccccc12)NC(=O)c1cnc(N2CCN(CCOCCOCCOCC(=O)O)CC2)s1. The highest BCUT2D eigenvalue weighted by Gasteiger charge is 2.22. The quantitative estimate of drug-likeness (QED) is 0.177. The van der Waals surface area contributed by atoms with Gasteiger partial charge in [0, 0.05) is 55.9 Å². The molecule has 0 saturated carbocycles. The third-order valence-electron chi connectivity index (χ3n) is 7.26. The van der Waals surface area contributed by atoms with Gasteiger partial charge in [-0.15, -0.1) is 0 Å². The molecule has 1 unspecified atom stereocenters. The maximum Gasteiger partial charge on any atom is 0.329 e. The fraction of sp³-hybridized carbons (Fsp3) is 0.567. The number of carboxylic acids is 1. The second-order valence-electron chi connectivity index (χ2n) is 10.4. The number of aromatic amines is 1. The lowest BCUT2D eigenvalue weighted by atomic mass is 10.0. The number of carbonyl (C=O) groups is 2. The first-order valence-corrected chi connectivity index (χ1v) is 15.6. The van der Waals surface area contributed by atoms with E-state index in [1.165, 1.54) is 22.3 Å². The van der Waals surface area contributed by atoms with Gasteiger partial charge in [-0.2, -0.15) is 0 Å². The number of carboxylic acid groups (broad SMARTS) is 1. The van der Waals surface area contributed by atoms with Gasteiger partial charge in [-0.25, -0.2) is 9.78 Å². The summed E-state index contributed by atoms with van der Waals surface area (Å²) in [5.74, 6) is -1.03. The summed E-state index contributed by atoms with van der Waals surface area (Å²) in [6.07, 6.45) is 7.66. The molecule has 1 atom stereocenters. The number of thiazole rings is 1. The molecule has 42 heavy (non-hydrogen) atoms. The fourth-order valence-electron chi connectivity index (χ4n) is 4.97. The number of nitrogens with one attached hydrogen (secondary N) is 2. The zero-order valence-electron chi connectivity index (χ0n) is 24.4. The number of H-pyrrole nitrogens is 1. The van der Waals surface area contributed by atoms with Gasteiger partial charge in [-0.3, -0.25) is 9.69 Å². The van der Waals surface area contributed by atoms with Crippen LogP contribution in [0, 0.1) is 0 Å². The van der Waals surface area contributed by atoms with Crippen molar-refractivity contribution in [3.8, 4) is 0 Å². The van der Waals surface area contributed by atoms with E-state index in [0.29, 0.717) is 31.3 Å². The highest BCUT2D eigenvalue weighted by Crippen LogP contribution is 2.25. The predicted octanol–water partition coefficient (Wildman–Crippen LogP) is 3.41. The Hall–Kier alpha value is -3.03. The number of aliphatic carboxylic acids is 1. The molecule has 4 rings (SSSR count). The van der Waals surface area contributed by atoms with E-state index in [1.807, 2.05) is 6.07 Å². The molecule has 1 aliphatic heterocycles. The number of carbonyl (C=O) groups excluding carboxylic acids is 1. The van der Waals surface area contributed by atoms with Gasteiger partial charge in [0.1, 0.15) is 11.5 Å². The van der Waals surface area contributed by atoms with E-state index in [0.717, 1.165) is 69.1 Å². The molecule has 0 aliphatic carbocycles. The summed E-state index contributed by atoms with van der Waals surface area (Å²) in [6.45, 7) is 8.41. The van der Waals surface area contributed by atoms with Gasteiger partial charge in [0.05, 0.1) is 39.2 Å². The van der Waals surface area contributed by atoms with Crippen LogP contribution in [-0.2, 0) is 25.4 Å². The van der Waals surface area contributed by atoms with Crippen molar-refractivity contribution in [2.45, 2.75) is 38.6 Å². The Kier molecular flexibility index (Phi) is 13.0. The van der Waals surface area contributed by atoms with Crippen molar-refractivity contribution in [1.82, 2.24) is 20.2 Å². The Bertz CT molecular complexity index is 1240. The van der Waals surface area contributed by atoms with E-state index < -0.39 is 5.97 Å². The number of para-hydroxylation sites is 1. The molecule has 3 aromatic rings. The molecule has 1 aromatic carbocycles. The largest absolute Gasteiger partial charge is 0.480 e. The van der Waals surface area contributed by atoms with Gasteiger partial charge in [-0.05, 0) is 24.5 Å². The second-order valence-corrected chi connectivity index (χ2v) is 11.4. The number of fused-ring (bicyclic) bond motifs is 1. The highest BCUT2D eigenvalue weighted by molar-refractivity contribution is 7.17. The standard InChI is InChI=1S/C30H43N5O6S/c1-2-3-6-24(19-23-20-31-26-8-5-4-7-25(23)26)33-29(38)27-21-32-30(42-27)35-11-9-34(10-12-35)13-14-39-15-16-40-17-18-41-22-28(36)37/h4-5,7-8,20-21,24,31H,2-3,6,9-19,22H2,1H3,(H,33,38)(H,36,37). The summed E-state index contributed by atoms with van der Waals surface area (Å²) in [4.78, 5) is 36.8. The number of aromatic nitrogens is 2. The molecular formula is C30H43N5O6S. The van der Waals surface area contributed by atoms with Crippen molar-refractivity contribution in [3.05, 3.63) is 47.1 Å². The maximum atomic E-state index is 13.2. The van der Waals surface area contributed by atoms with E-state index in [-0.39, 0.29) is 25.2 Å². The molecule has 0 bridgehead atoms. The van der Waals surface area contributed by atoms with Crippen LogP contribution >= 0.6 is 11.3 Å². The number of ether oxygens (including phenoxy) is 3. The second kappa shape index (κ2) is 17.2. The Balaban J connectivity index is 1.15. The van der Waals surface area contributed by atoms with E-state index in [9.17, 15) is 9.59 Å². The molecule has 0 radical (unpaired) electrons. The minimum Gasteiger partial charge on any atom is -0.480 e. The van der Waals surface area contributed by atoms with Gasteiger partial charge in [0.2, 0.25) is 0 Å². The summed E-state index contributed by atoms with van der Waals surface area (Å²) in [6, 6.07) is 8.36. The molecule has 12 heteroatoms. The molecule has 1 fully saturated rings. The van der Waals surface area contributed by atoms with E-state index in [1.54, 1.807) is 6.20 Å². The van der Waals surface area contributed by atoms with E-state index >= 15 is 0 Å². The monoisotopic (exact) mass is 601 g/mol. The normalized spacial score (nSPS) is 14.8. The van der Waals surface area contributed by atoms with Crippen molar-refractivity contribution in [2.75, 3.05) is 77.3 Å². The van der Waals surface area contributed by atoms with Crippen LogP contribution in [0.5, 0.6) is 0 Å². The van der Waals surface area contributed by atoms with Crippen LogP contribution in [0.15, 0.2) is 36.7 Å². The van der Waals surface area contributed by atoms with Gasteiger partial charge < -0.3 is 34.5 Å². The molecule has 1 amide bonds. The fourth-order valence-corrected chi connectivity index (χ4v) is 5.84. The summed E-state index contributed by atoms with van der Waals surface area (Å²) in [5.41, 5.74) is 2.35. The first kappa shape index (κ1) is 31.9. The smallest absolute Gasteiger partial charge is 0.329 e. The molecule has 230 valence electrons. The van der Waals surface area contributed by atoms with E-state index in [2.05, 4.69) is 56.4 Å². The number of piperazine rings is 1. The zero-order chi connectivity index (χ0) is 29.6. The Morgan fingerprint density at radius 1 is 1.07 bits per heavy atom. The maximum absolute atomic E-state index is 13.2. The van der Waals surface area contributed by atoms with Gasteiger partial charge in [0.15, 0.2) is 5.13 Å². The lowest BCUT2D eigenvalue weighted by Crippen LogP contribution is -2.47. The molecule has 0 spiro atoms. The van der Waals surface area contributed by atoms with Gasteiger partial charge >= 0.3 is 5.97 Å². The van der Waals surface area contributed by atoms with Gasteiger partial charge in [0.25, 0.3) is 5.91 Å². The summed E-state index contributed by atoms with van der Waals surface area (Å²) in [5, 5.41) is 13.9. The number of anilines is 1. The molecule has 3 heterocycles. The number of hydrogen-bond donors (Lipinski definition) is 3. The predicted molar refractivity (Wildman–Crippen MR) is 164 cm³/mol. The van der Waals surface area contributed by atoms with Crippen LogP contribution in [0.4, 0.5) is 5.13 Å². The average molecular weight is 602 g/mol. The molecule has 11 nitrogen and oxygen atoms in total. The number of benzene rings is 1. The minimum atomic E-state index is -0.984. The zero-order valence-corrected chi connectivity index (χ0v) is 25.2. The lowest BCUT2D eigenvalue weighted by molar-refractivity contribution is -0.142. The number of hydrogen-bond acceptors (Lipinski definition) is 9. The van der Waals surface area contributed by atoms with Crippen LogP contribution in [0.2, 0.25) is 0 Å². The average Bonchev–Trinajstić information content (AvgIpc) is 3.65. The molecule has 2 aromatic heterocycles. The summed E-state index contributed by atoms with van der Waals surface area (Å²) >= 11 is 1.46. The lowest BCUT2D eigenvalue weighted by Gasteiger charge is -2.34. The number of amides is 1. The van der Waals surface area contributed by atoms with Crippen LogP contribution < -0.4 is 10.2 Å². The third kappa shape index (κ3) is 10.1. The Morgan fingerprint density at radius 3 is 2.57 bits per heavy atom. The van der Waals surface area contributed by atoms with Gasteiger partial charge in [-0.1, -0.05) is 49.3 Å². The first-order chi connectivity index (χ1) is 20.5. The van der Waals surface area contributed by atoms with Crippen LogP contribution in [0.1, 0.15) is 41.4 Å². The van der Waals surface area contributed by atoms with Crippen molar-refractivity contribution in [3.63, 3.8) is 0 Å². The molecule has 1 saturated heterocycles. The van der Waals surface area contributed by atoms with Crippen molar-refractivity contribution < 1.29 is 28.9 Å². The topological polar surface area (TPSA) is 129 Å². The minimum absolute atomic E-state index is 0.0488. The molecule has 3 N–H and O–H groups in total. The Morgan fingerprint density at radius 2 is 1.81 bits per heavy atom. The number of unbranched alkanes of at least 4 members (excludes halogenated alkanes) is 1.